The summed E-state index contributed by atoms with van der Waals surface area (Å²) < 4.78 is 5.17. The van der Waals surface area contributed by atoms with Crippen LogP contribution in [0.2, 0.25) is 0 Å². The molecule has 0 atom stereocenters. The van der Waals surface area contributed by atoms with Crippen LogP contribution in [-0.2, 0) is 6.54 Å². The van der Waals surface area contributed by atoms with Gasteiger partial charge in [0.25, 0.3) is 5.91 Å². The van der Waals surface area contributed by atoms with Gasteiger partial charge in [0.2, 0.25) is 0 Å². The van der Waals surface area contributed by atoms with Crippen LogP contribution in [0.15, 0.2) is 12.1 Å². The van der Waals surface area contributed by atoms with Crippen LogP contribution < -0.4 is 10.1 Å². The van der Waals surface area contributed by atoms with E-state index in [-0.39, 0.29) is 5.91 Å². The fourth-order valence-electron chi connectivity index (χ4n) is 1.66. The molecule has 1 aromatic carbocycles. The fraction of sp³-hybridized carbons (Fsp3) is 0.300. The summed E-state index contributed by atoms with van der Waals surface area (Å²) >= 11 is 0. The lowest BCUT2D eigenvalue weighted by Crippen LogP contribution is -2.12. The lowest BCUT2D eigenvalue weighted by atomic mass is 10.0. The van der Waals surface area contributed by atoms with Gasteiger partial charge in [-0.05, 0) is 30.2 Å². The number of ether oxygens (including phenoxy) is 1. The van der Waals surface area contributed by atoms with Gasteiger partial charge in [0.1, 0.15) is 5.75 Å². The van der Waals surface area contributed by atoms with Gasteiger partial charge in [0.05, 0.1) is 7.11 Å². The smallest absolute Gasteiger partial charge is 0.251 e. The quantitative estimate of drug-likeness (QED) is 0.701. The average Bonchev–Trinajstić information content (AvgIpc) is 2.50. The van der Waals surface area contributed by atoms with Crippen molar-refractivity contribution in [2.45, 2.75) is 13.5 Å². The molecule has 1 aromatic rings. The second-order valence-electron chi connectivity index (χ2n) is 3.10. The molecule has 0 unspecified atom stereocenters. The van der Waals surface area contributed by atoms with Gasteiger partial charge < -0.3 is 10.1 Å². The average molecular weight is 177 g/mol. The van der Waals surface area contributed by atoms with Gasteiger partial charge in [-0.2, -0.15) is 0 Å². The van der Waals surface area contributed by atoms with Crippen LogP contribution in [-0.4, -0.2) is 13.0 Å². The number of fused-ring (bicyclic) bond motifs is 1. The molecule has 0 bridgehead atoms. The minimum Gasteiger partial charge on any atom is -0.496 e. The highest BCUT2D eigenvalue weighted by Gasteiger charge is 2.21. The molecule has 2 rings (SSSR count). The van der Waals surface area contributed by atoms with Crippen molar-refractivity contribution in [2.24, 2.45) is 0 Å². The van der Waals surface area contributed by atoms with Gasteiger partial charge in [-0.1, -0.05) is 0 Å². The minimum absolute atomic E-state index is 0.0146. The standard InChI is InChI=1S/C10H11NO2/c1-6-8-5-11-10(12)7(8)3-4-9(6)13-2/h3-4H,5H2,1-2H3,(H,11,12). The zero-order valence-corrected chi connectivity index (χ0v) is 7.68. The Bertz CT molecular complexity index is 371. The molecule has 0 aromatic heterocycles. The fourth-order valence-corrected chi connectivity index (χ4v) is 1.66. The first kappa shape index (κ1) is 8.10. The van der Waals surface area contributed by atoms with E-state index in [0.717, 1.165) is 22.4 Å². The summed E-state index contributed by atoms with van der Waals surface area (Å²) in [5.41, 5.74) is 2.89. The first-order valence-electron chi connectivity index (χ1n) is 4.18. The first-order chi connectivity index (χ1) is 6.24. The molecule has 0 radical (unpaired) electrons. The molecular weight excluding hydrogens is 166 g/mol. The van der Waals surface area contributed by atoms with E-state index in [1.54, 1.807) is 7.11 Å². The summed E-state index contributed by atoms with van der Waals surface area (Å²) in [5.74, 6) is 0.857. The highest BCUT2D eigenvalue weighted by Crippen LogP contribution is 2.27. The van der Waals surface area contributed by atoms with Gasteiger partial charge in [-0.25, -0.2) is 0 Å². The van der Waals surface area contributed by atoms with Crippen LogP contribution in [0.1, 0.15) is 21.5 Å². The van der Waals surface area contributed by atoms with Crippen molar-refractivity contribution >= 4 is 5.91 Å². The van der Waals surface area contributed by atoms with E-state index in [1.165, 1.54) is 0 Å². The van der Waals surface area contributed by atoms with E-state index in [0.29, 0.717) is 6.54 Å². The monoisotopic (exact) mass is 177 g/mol. The SMILES string of the molecule is COc1ccc2c(c1C)CNC2=O. The number of hydrogen-bond acceptors (Lipinski definition) is 2. The van der Waals surface area contributed by atoms with E-state index in [1.807, 2.05) is 19.1 Å². The highest BCUT2D eigenvalue weighted by atomic mass is 16.5. The number of amides is 1. The molecule has 68 valence electrons. The summed E-state index contributed by atoms with van der Waals surface area (Å²) in [6, 6.07) is 3.64. The van der Waals surface area contributed by atoms with Crippen LogP contribution in [0.4, 0.5) is 0 Å². The Morgan fingerprint density at radius 3 is 2.92 bits per heavy atom. The molecule has 3 nitrogen and oxygen atoms in total. The van der Waals surface area contributed by atoms with Crippen molar-refractivity contribution in [3.63, 3.8) is 0 Å². The molecule has 0 saturated heterocycles. The zero-order chi connectivity index (χ0) is 9.42. The lowest BCUT2D eigenvalue weighted by Gasteiger charge is -2.07. The number of benzene rings is 1. The molecule has 3 heteroatoms. The van der Waals surface area contributed by atoms with E-state index in [2.05, 4.69) is 5.32 Å². The van der Waals surface area contributed by atoms with Crippen LogP contribution in [0.25, 0.3) is 0 Å². The third-order valence-electron chi connectivity index (χ3n) is 2.44. The van der Waals surface area contributed by atoms with E-state index in [4.69, 9.17) is 4.74 Å². The minimum atomic E-state index is 0.0146. The third kappa shape index (κ3) is 1.08. The summed E-state index contributed by atoms with van der Waals surface area (Å²) in [4.78, 5) is 11.3. The second kappa shape index (κ2) is 2.76. The number of carbonyl (C=O) groups is 1. The molecule has 1 aliphatic heterocycles. The van der Waals surface area contributed by atoms with Crippen molar-refractivity contribution in [1.29, 1.82) is 0 Å². The van der Waals surface area contributed by atoms with Gasteiger partial charge in [0, 0.05) is 12.1 Å². The zero-order valence-electron chi connectivity index (χ0n) is 7.68. The molecule has 0 saturated carbocycles. The van der Waals surface area contributed by atoms with Crippen molar-refractivity contribution < 1.29 is 9.53 Å². The maximum Gasteiger partial charge on any atom is 0.251 e. The topological polar surface area (TPSA) is 38.3 Å². The number of methoxy groups -OCH3 is 1. The van der Waals surface area contributed by atoms with Crippen molar-refractivity contribution in [1.82, 2.24) is 5.32 Å². The van der Waals surface area contributed by atoms with Crippen LogP contribution in [0, 0.1) is 6.92 Å². The third-order valence-corrected chi connectivity index (χ3v) is 2.44. The van der Waals surface area contributed by atoms with Crippen molar-refractivity contribution in [3.8, 4) is 5.75 Å². The molecule has 1 heterocycles. The van der Waals surface area contributed by atoms with Gasteiger partial charge in [-0.3, -0.25) is 4.79 Å². The lowest BCUT2D eigenvalue weighted by molar-refractivity contribution is 0.0966. The molecule has 1 N–H and O–H groups in total. The predicted molar refractivity (Wildman–Crippen MR) is 48.9 cm³/mol. The summed E-state index contributed by atoms with van der Waals surface area (Å²) in [7, 11) is 1.64. The van der Waals surface area contributed by atoms with Crippen LogP contribution in [0.3, 0.4) is 0 Å². The predicted octanol–water partition coefficient (Wildman–Crippen LogP) is 1.25. The second-order valence-corrected chi connectivity index (χ2v) is 3.10. The number of rotatable bonds is 1. The molecule has 13 heavy (non-hydrogen) atoms. The van der Waals surface area contributed by atoms with Crippen LogP contribution in [0.5, 0.6) is 5.75 Å². The molecule has 1 aliphatic rings. The maximum atomic E-state index is 11.3. The summed E-state index contributed by atoms with van der Waals surface area (Å²) in [5, 5.41) is 2.78. The Labute approximate surface area is 76.7 Å². The van der Waals surface area contributed by atoms with E-state index >= 15 is 0 Å². The van der Waals surface area contributed by atoms with Crippen LogP contribution >= 0.6 is 0 Å². The molecule has 0 aliphatic carbocycles. The Morgan fingerprint density at radius 2 is 2.23 bits per heavy atom. The highest BCUT2D eigenvalue weighted by molar-refractivity contribution is 5.98. The number of nitrogens with one attached hydrogen (secondary N) is 1. The summed E-state index contributed by atoms with van der Waals surface area (Å²) in [6.45, 7) is 2.59. The van der Waals surface area contributed by atoms with Crippen molar-refractivity contribution in [2.75, 3.05) is 7.11 Å². The number of hydrogen-bond donors (Lipinski definition) is 1. The molecule has 0 fully saturated rings. The number of carbonyl (C=O) groups excluding carboxylic acids is 1. The Kier molecular flexibility index (Phi) is 1.72. The van der Waals surface area contributed by atoms with E-state index < -0.39 is 0 Å². The Balaban J connectivity index is 2.60. The first-order valence-corrected chi connectivity index (χ1v) is 4.18. The molecule has 1 amide bonds. The Hall–Kier alpha value is -1.51. The molecule has 0 spiro atoms. The van der Waals surface area contributed by atoms with Gasteiger partial charge in [0.15, 0.2) is 0 Å². The van der Waals surface area contributed by atoms with Crippen molar-refractivity contribution in [3.05, 3.63) is 28.8 Å². The Morgan fingerprint density at radius 1 is 1.46 bits per heavy atom. The van der Waals surface area contributed by atoms with Gasteiger partial charge >= 0.3 is 0 Å². The summed E-state index contributed by atoms with van der Waals surface area (Å²) in [6.07, 6.45) is 0. The normalized spacial score (nSPS) is 13.8. The van der Waals surface area contributed by atoms with Gasteiger partial charge in [-0.15, -0.1) is 0 Å². The maximum absolute atomic E-state index is 11.3. The largest absolute Gasteiger partial charge is 0.496 e. The van der Waals surface area contributed by atoms with E-state index in [9.17, 15) is 4.79 Å². The molecular formula is C10H11NO2.